The lowest BCUT2D eigenvalue weighted by Crippen LogP contribution is -2.24. The molecule has 0 fully saturated rings. The van der Waals surface area contributed by atoms with Gasteiger partial charge >= 0.3 is 5.97 Å². The molecule has 148 valence electrons. The fourth-order valence-electron chi connectivity index (χ4n) is 2.27. The van der Waals surface area contributed by atoms with Gasteiger partial charge in [0.1, 0.15) is 11.3 Å². The maximum absolute atomic E-state index is 12.4. The number of carbonyl (C=O) groups excluding carboxylic acids is 1. The third-order valence-corrected chi connectivity index (χ3v) is 6.39. The highest BCUT2D eigenvalue weighted by molar-refractivity contribution is 8.00. The van der Waals surface area contributed by atoms with E-state index in [0.29, 0.717) is 40.0 Å². The lowest BCUT2D eigenvalue weighted by molar-refractivity contribution is 0.00696. The largest absolute Gasteiger partial charge is 0.456 e. The molecule has 3 rings (SSSR count). The van der Waals surface area contributed by atoms with Gasteiger partial charge in [0, 0.05) is 22.6 Å². The molecule has 0 aliphatic carbocycles. The van der Waals surface area contributed by atoms with Gasteiger partial charge in [-0.05, 0) is 32.9 Å². The molecule has 0 bridgehead atoms. The highest BCUT2D eigenvalue weighted by Crippen LogP contribution is 2.35. The third-order valence-electron chi connectivity index (χ3n) is 3.50. The van der Waals surface area contributed by atoms with Crippen LogP contribution < -0.4 is 0 Å². The molecule has 10 heteroatoms. The van der Waals surface area contributed by atoms with E-state index < -0.39 is 11.6 Å². The molecule has 1 aliphatic rings. The molecule has 0 saturated heterocycles. The van der Waals surface area contributed by atoms with Gasteiger partial charge in [-0.15, -0.1) is 10.2 Å². The summed E-state index contributed by atoms with van der Waals surface area (Å²) in [6.07, 6.45) is 1.72. The Bertz CT molecular complexity index is 952. The molecule has 0 atom stereocenters. The van der Waals surface area contributed by atoms with Crippen LogP contribution in [0.2, 0.25) is 10.0 Å². The number of rotatable bonds is 5. The van der Waals surface area contributed by atoms with E-state index in [1.807, 2.05) is 0 Å². The monoisotopic (exact) mass is 456 g/mol. The van der Waals surface area contributed by atoms with Crippen LogP contribution in [0.25, 0.3) is 0 Å². The normalized spacial score (nSPS) is 14.1. The van der Waals surface area contributed by atoms with Gasteiger partial charge in [-0.1, -0.05) is 46.3 Å². The number of hydrogen-bond acceptors (Lipinski definition) is 8. The second-order valence-electron chi connectivity index (χ2n) is 6.85. The van der Waals surface area contributed by atoms with Crippen LogP contribution in [0.3, 0.4) is 0 Å². The summed E-state index contributed by atoms with van der Waals surface area (Å²) in [5.41, 5.74) is 1.09. The number of esters is 1. The molecule has 2 aromatic rings. The summed E-state index contributed by atoms with van der Waals surface area (Å²) in [7, 11) is 0. The first-order valence-electron chi connectivity index (χ1n) is 8.46. The van der Waals surface area contributed by atoms with Gasteiger partial charge < -0.3 is 4.74 Å². The Morgan fingerprint density at radius 1 is 1.25 bits per heavy atom. The predicted molar refractivity (Wildman–Crippen MR) is 116 cm³/mol. The molecule has 0 unspecified atom stereocenters. The molecule has 1 aromatic heterocycles. The number of aromatic nitrogens is 2. The first kappa shape index (κ1) is 21.2. The van der Waals surface area contributed by atoms with E-state index in [2.05, 4.69) is 20.2 Å². The molecule has 2 heterocycles. The maximum atomic E-state index is 12.4. The van der Waals surface area contributed by atoms with E-state index in [0.717, 1.165) is 15.1 Å². The summed E-state index contributed by atoms with van der Waals surface area (Å²) in [5.74, 6) is -0.0306. The minimum atomic E-state index is -0.608. The number of nitrogens with zero attached hydrogens (tertiary/aromatic N) is 4. The van der Waals surface area contributed by atoms with E-state index >= 15 is 0 Å². The standard InChI is InChI=1S/C18H18Cl2N4O2S2/c1-18(2,3)26-16(25)10-4-5-12(19)11(14(10)20)9-27-17-24-23-15(28-17)13-8-21-6-7-22-13/h4-5,8H,6-7,9H2,1-3H3. The summed E-state index contributed by atoms with van der Waals surface area (Å²) >= 11 is 15.7. The molecule has 1 aromatic carbocycles. The van der Waals surface area contributed by atoms with Gasteiger partial charge in [0.05, 0.1) is 23.7 Å². The Hall–Kier alpha value is -1.48. The van der Waals surface area contributed by atoms with Gasteiger partial charge in [0.2, 0.25) is 0 Å². The Morgan fingerprint density at radius 2 is 2.04 bits per heavy atom. The summed E-state index contributed by atoms with van der Waals surface area (Å²) in [6, 6.07) is 3.23. The van der Waals surface area contributed by atoms with E-state index in [1.165, 1.54) is 23.1 Å². The Labute approximate surface area is 181 Å². The minimum absolute atomic E-state index is 0.294. The van der Waals surface area contributed by atoms with E-state index in [1.54, 1.807) is 39.1 Å². The molecule has 0 saturated carbocycles. The average molecular weight is 457 g/mol. The number of aliphatic imine (C=N–C) groups is 2. The van der Waals surface area contributed by atoms with Gasteiger partial charge in [-0.25, -0.2) is 4.79 Å². The van der Waals surface area contributed by atoms with Crippen molar-refractivity contribution in [3.8, 4) is 0 Å². The van der Waals surface area contributed by atoms with Crippen molar-refractivity contribution in [1.82, 2.24) is 10.2 Å². The Kier molecular flexibility index (Phi) is 6.75. The molecule has 1 aliphatic heterocycles. The Morgan fingerprint density at radius 3 is 2.71 bits per heavy atom. The fraction of sp³-hybridized carbons (Fsp3) is 0.389. The summed E-state index contributed by atoms with van der Waals surface area (Å²) < 4.78 is 6.17. The molecule has 28 heavy (non-hydrogen) atoms. The van der Waals surface area contributed by atoms with Crippen molar-refractivity contribution in [3.63, 3.8) is 0 Å². The van der Waals surface area contributed by atoms with Crippen LogP contribution in [0, 0.1) is 0 Å². The second-order valence-corrected chi connectivity index (χ2v) is 9.84. The van der Waals surface area contributed by atoms with Crippen molar-refractivity contribution >= 4 is 64.2 Å². The maximum Gasteiger partial charge on any atom is 0.340 e. The molecule has 6 nitrogen and oxygen atoms in total. The zero-order valence-corrected chi connectivity index (χ0v) is 18.7. The van der Waals surface area contributed by atoms with Crippen LogP contribution in [-0.2, 0) is 10.5 Å². The number of thioether (sulfide) groups is 1. The van der Waals surface area contributed by atoms with Gasteiger partial charge in [0.15, 0.2) is 9.35 Å². The van der Waals surface area contributed by atoms with Crippen LogP contribution in [0.5, 0.6) is 0 Å². The smallest absolute Gasteiger partial charge is 0.340 e. The van der Waals surface area contributed by atoms with Gasteiger partial charge in [0.25, 0.3) is 0 Å². The highest BCUT2D eigenvalue weighted by atomic mass is 35.5. The first-order chi connectivity index (χ1) is 13.2. The number of hydrogen-bond donors (Lipinski definition) is 0. The topological polar surface area (TPSA) is 76.8 Å². The number of benzene rings is 1. The van der Waals surface area contributed by atoms with Crippen LogP contribution in [-0.4, -0.2) is 46.8 Å². The quantitative estimate of drug-likeness (QED) is 0.468. The number of carbonyl (C=O) groups is 1. The van der Waals surface area contributed by atoms with Crippen molar-refractivity contribution in [2.75, 3.05) is 13.1 Å². The molecule has 0 radical (unpaired) electrons. The first-order valence-corrected chi connectivity index (χ1v) is 11.0. The zero-order valence-electron chi connectivity index (χ0n) is 15.5. The van der Waals surface area contributed by atoms with Crippen molar-refractivity contribution in [1.29, 1.82) is 0 Å². The van der Waals surface area contributed by atoms with Crippen molar-refractivity contribution in [3.05, 3.63) is 38.3 Å². The summed E-state index contributed by atoms with van der Waals surface area (Å²) in [6.45, 7) is 6.78. The minimum Gasteiger partial charge on any atom is -0.456 e. The summed E-state index contributed by atoms with van der Waals surface area (Å²) in [5, 5.41) is 9.86. The summed E-state index contributed by atoms with van der Waals surface area (Å²) in [4.78, 5) is 21.0. The highest BCUT2D eigenvalue weighted by Gasteiger charge is 2.23. The third kappa shape index (κ3) is 5.31. The predicted octanol–water partition coefficient (Wildman–Crippen LogP) is 4.97. The van der Waals surface area contributed by atoms with Crippen molar-refractivity contribution < 1.29 is 9.53 Å². The van der Waals surface area contributed by atoms with Gasteiger partial charge in [-0.2, -0.15) is 0 Å². The fourth-order valence-corrected chi connectivity index (χ4v) is 4.87. The molecular formula is C18H18Cl2N4O2S2. The molecular weight excluding hydrogens is 439 g/mol. The zero-order chi connectivity index (χ0) is 20.3. The van der Waals surface area contributed by atoms with Crippen LogP contribution >= 0.6 is 46.3 Å². The molecule has 0 spiro atoms. The van der Waals surface area contributed by atoms with Gasteiger partial charge in [-0.3, -0.25) is 9.98 Å². The Balaban J connectivity index is 1.75. The van der Waals surface area contributed by atoms with Crippen molar-refractivity contribution in [2.45, 2.75) is 36.5 Å². The van der Waals surface area contributed by atoms with E-state index in [4.69, 9.17) is 27.9 Å². The van der Waals surface area contributed by atoms with Crippen LogP contribution in [0.15, 0.2) is 26.5 Å². The lowest BCUT2D eigenvalue weighted by Gasteiger charge is -2.20. The number of ether oxygens (including phenoxy) is 1. The van der Waals surface area contributed by atoms with E-state index in [-0.39, 0.29) is 0 Å². The van der Waals surface area contributed by atoms with Crippen molar-refractivity contribution in [2.24, 2.45) is 9.98 Å². The average Bonchev–Trinajstić information content (AvgIpc) is 3.10. The molecule has 0 amide bonds. The van der Waals surface area contributed by atoms with Crippen LogP contribution in [0.1, 0.15) is 41.7 Å². The van der Waals surface area contributed by atoms with Crippen LogP contribution in [0.4, 0.5) is 0 Å². The van der Waals surface area contributed by atoms with E-state index in [9.17, 15) is 4.79 Å². The molecule has 0 N–H and O–H groups in total. The second kappa shape index (κ2) is 8.90. The number of halogens is 2. The SMILES string of the molecule is CC(C)(C)OC(=O)c1ccc(Cl)c(CSc2nnc(C3=NCCN=C3)s2)c1Cl. The lowest BCUT2D eigenvalue weighted by atomic mass is 10.1.